The first-order valence-corrected chi connectivity index (χ1v) is 11.3. The maximum Gasteiger partial charge on any atom is 0.247 e. The number of benzene rings is 1. The highest BCUT2D eigenvalue weighted by Crippen LogP contribution is 2.24. The molecule has 0 bridgehead atoms. The minimum absolute atomic E-state index is 0.0321. The molecule has 0 radical (unpaired) electrons. The third kappa shape index (κ3) is 4.57. The zero-order valence-electron chi connectivity index (χ0n) is 17.1. The maximum absolute atomic E-state index is 13.1. The highest BCUT2D eigenvalue weighted by molar-refractivity contribution is 7.17. The van der Waals surface area contributed by atoms with Gasteiger partial charge in [0.05, 0.1) is 9.85 Å². The highest BCUT2D eigenvalue weighted by atomic mass is 35.5. The molecule has 2 N–H and O–H groups in total. The average molecular weight is 455 g/mol. The van der Waals surface area contributed by atoms with E-state index in [9.17, 15) is 9.59 Å². The number of carbonyl (C=O) groups is 2. The maximum atomic E-state index is 13.1. The molecule has 4 rings (SSSR count). The molecule has 1 unspecified atom stereocenters. The van der Waals surface area contributed by atoms with Crippen molar-refractivity contribution < 1.29 is 9.59 Å². The van der Waals surface area contributed by atoms with Gasteiger partial charge in [-0.3, -0.25) is 14.6 Å². The molecule has 3 aromatic rings. The van der Waals surface area contributed by atoms with Crippen LogP contribution in [-0.2, 0) is 16.1 Å². The molecule has 0 spiro atoms. The van der Waals surface area contributed by atoms with Crippen LogP contribution in [0.15, 0.2) is 48.7 Å². The van der Waals surface area contributed by atoms with E-state index >= 15 is 0 Å². The number of halogens is 1. The molecule has 0 saturated carbocycles. The second-order valence-corrected chi connectivity index (χ2v) is 9.19. The molecule has 160 valence electrons. The van der Waals surface area contributed by atoms with Gasteiger partial charge in [0.15, 0.2) is 0 Å². The van der Waals surface area contributed by atoms with E-state index in [1.807, 2.05) is 36.1 Å². The summed E-state index contributed by atoms with van der Waals surface area (Å²) in [6, 6.07) is 10.8. The number of pyridine rings is 1. The predicted molar refractivity (Wildman–Crippen MR) is 126 cm³/mol. The van der Waals surface area contributed by atoms with Crippen molar-refractivity contribution in [1.29, 1.82) is 0 Å². The number of nitrogens with zero attached hydrogens (tertiary/aromatic N) is 3. The van der Waals surface area contributed by atoms with Gasteiger partial charge in [-0.05, 0) is 42.3 Å². The lowest BCUT2D eigenvalue weighted by atomic mass is 10.1. The lowest BCUT2D eigenvalue weighted by molar-refractivity contribution is -0.149. The Morgan fingerprint density at radius 1 is 1.29 bits per heavy atom. The van der Waals surface area contributed by atoms with Gasteiger partial charge >= 0.3 is 0 Å². The van der Waals surface area contributed by atoms with Crippen molar-refractivity contribution in [1.82, 2.24) is 14.8 Å². The fourth-order valence-corrected chi connectivity index (χ4v) is 4.82. The Morgan fingerprint density at radius 3 is 2.87 bits per heavy atom. The number of fused-ring (bicyclic) bond motifs is 1. The summed E-state index contributed by atoms with van der Waals surface area (Å²) in [5.41, 5.74) is 8.48. The number of anilines is 1. The molecule has 2 amide bonds. The number of nitrogens with two attached hydrogens (primary N) is 1. The number of carbonyl (C=O) groups excluding carboxylic acids is 2. The molecule has 1 aliphatic heterocycles. The van der Waals surface area contributed by atoms with Crippen LogP contribution in [0.4, 0.5) is 5.69 Å². The smallest absolute Gasteiger partial charge is 0.247 e. The summed E-state index contributed by atoms with van der Waals surface area (Å²) in [5.74, 6) is -0.190. The molecular weight excluding hydrogens is 432 g/mol. The number of rotatable bonds is 5. The Labute approximate surface area is 189 Å². The monoisotopic (exact) mass is 454 g/mol. The van der Waals surface area contributed by atoms with Gasteiger partial charge in [-0.25, -0.2) is 0 Å². The largest absolute Gasteiger partial charge is 0.398 e. The topological polar surface area (TPSA) is 79.5 Å². The Kier molecular flexibility index (Phi) is 6.25. The second kappa shape index (κ2) is 9.08. The lowest BCUT2D eigenvalue weighted by Crippen LogP contribution is -2.57. The van der Waals surface area contributed by atoms with Crippen molar-refractivity contribution in [3.05, 3.63) is 63.4 Å². The molecule has 1 aromatic carbocycles. The van der Waals surface area contributed by atoms with Gasteiger partial charge in [0.1, 0.15) is 6.04 Å². The summed E-state index contributed by atoms with van der Waals surface area (Å²) in [6.45, 7) is 3.39. The van der Waals surface area contributed by atoms with Crippen molar-refractivity contribution in [2.24, 2.45) is 0 Å². The quantitative estimate of drug-likeness (QED) is 0.586. The summed E-state index contributed by atoms with van der Waals surface area (Å²) in [4.78, 5) is 34.6. The van der Waals surface area contributed by atoms with Crippen LogP contribution in [0, 0.1) is 0 Å². The second-order valence-electron chi connectivity index (χ2n) is 7.44. The number of aromatic nitrogens is 1. The van der Waals surface area contributed by atoms with Crippen molar-refractivity contribution >= 4 is 57.4 Å². The molecule has 1 saturated heterocycles. The summed E-state index contributed by atoms with van der Waals surface area (Å²) in [7, 11) is 0. The van der Waals surface area contributed by atoms with E-state index in [1.54, 1.807) is 29.3 Å². The van der Waals surface area contributed by atoms with Crippen LogP contribution in [0.25, 0.3) is 17.0 Å². The molecule has 1 fully saturated rings. The summed E-state index contributed by atoms with van der Waals surface area (Å²) < 4.78 is 0.675. The van der Waals surface area contributed by atoms with Crippen molar-refractivity contribution in [3.8, 4) is 0 Å². The average Bonchev–Trinajstić information content (AvgIpc) is 3.18. The van der Waals surface area contributed by atoms with Crippen LogP contribution in [0.3, 0.4) is 0 Å². The minimum Gasteiger partial charge on any atom is -0.398 e. The van der Waals surface area contributed by atoms with Crippen molar-refractivity contribution in [2.45, 2.75) is 25.9 Å². The van der Waals surface area contributed by atoms with Gasteiger partial charge < -0.3 is 15.5 Å². The molecule has 6 nitrogen and oxygen atoms in total. The Balaban J connectivity index is 1.46. The Bertz CT molecular complexity index is 1160. The zero-order valence-corrected chi connectivity index (χ0v) is 18.7. The van der Waals surface area contributed by atoms with Gasteiger partial charge in [0.2, 0.25) is 11.8 Å². The zero-order chi connectivity index (χ0) is 22.0. The van der Waals surface area contributed by atoms with E-state index in [1.165, 1.54) is 17.4 Å². The van der Waals surface area contributed by atoms with Gasteiger partial charge in [-0.2, -0.15) is 0 Å². The van der Waals surface area contributed by atoms with Crippen LogP contribution < -0.4 is 5.73 Å². The molecule has 8 heteroatoms. The first kappa shape index (κ1) is 21.3. The number of nitrogen functional groups attached to an aromatic ring is 1. The first-order valence-electron chi connectivity index (χ1n) is 10.1. The van der Waals surface area contributed by atoms with E-state index in [2.05, 4.69) is 4.98 Å². The third-order valence-electron chi connectivity index (χ3n) is 5.45. The Morgan fingerprint density at radius 2 is 2.13 bits per heavy atom. The molecule has 0 aliphatic carbocycles. The number of hydrogen-bond acceptors (Lipinski definition) is 5. The lowest BCUT2D eigenvalue weighted by Gasteiger charge is -2.40. The van der Waals surface area contributed by atoms with Gasteiger partial charge in [0.25, 0.3) is 0 Å². The predicted octanol–water partition coefficient (Wildman–Crippen LogP) is 4.19. The standard InChI is InChI=1S/C23H23ClN4O2S/c1-2-20-23(30)27(14-15-3-6-17-18(25)9-10-26-19(17)13-15)11-12-28(20)22(29)8-5-16-4-7-21(24)31-16/h3-10,13,20H,2,11-12,14H2,1H3,(H2,25,26). The van der Waals surface area contributed by atoms with Crippen LogP contribution in [0.5, 0.6) is 0 Å². The fraction of sp³-hybridized carbons (Fsp3) is 0.261. The minimum atomic E-state index is -0.466. The molecule has 1 aliphatic rings. The summed E-state index contributed by atoms with van der Waals surface area (Å²) >= 11 is 7.35. The van der Waals surface area contributed by atoms with E-state index in [0.29, 0.717) is 36.1 Å². The number of amides is 2. The van der Waals surface area contributed by atoms with Gasteiger partial charge in [-0.15, -0.1) is 11.3 Å². The fourth-order valence-electron chi connectivity index (χ4n) is 3.86. The van der Waals surface area contributed by atoms with E-state index in [4.69, 9.17) is 17.3 Å². The molecule has 1 atom stereocenters. The normalized spacial score (nSPS) is 17.1. The van der Waals surface area contributed by atoms with Crippen molar-refractivity contribution in [3.63, 3.8) is 0 Å². The van der Waals surface area contributed by atoms with E-state index < -0.39 is 6.04 Å². The first-order chi connectivity index (χ1) is 15.0. The van der Waals surface area contributed by atoms with Crippen LogP contribution in [0.1, 0.15) is 23.8 Å². The van der Waals surface area contributed by atoms with E-state index in [0.717, 1.165) is 21.3 Å². The van der Waals surface area contributed by atoms with Crippen LogP contribution >= 0.6 is 22.9 Å². The van der Waals surface area contributed by atoms with Crippen molar-refractivity contribution in [2.75, 3.05) is 18.8 Å². The molecule has 2 aromatic heterocycles. The van der Waals surface area contributed by atoms with E-state index in [-0.39, 0.29) is 11.8 Å². The number of thiophene rings is 1. The molecule has 31 heavy (non-hydrogen) atoms. The highest BCUT2D eigenvalue weighted by Gasteiger charge is 2.35. The van der Waals surface area contributed by atoms with Gasteiger partial charge in [0, 0.05) is 47.9 Å². The summed E-state index contributed by atoms with van der Waals surface area (Å²) in [6.07, 6.45) is 5.51. The van der Waals surface area contributed by atoms with Crippen LogP contribution in [-0.4, -0.2) is 45.7 Å². The number of piperazine rings is 1. The third-order valence-corrected chi connectivity index (χ3v) is 6.65. The van der Waals surface area contributed by atoms with Gasteiger partial charge in [-0.1, -0.05) is 30.7 Å². The Hall–Kier alpha value is -2.90. The SMILES string of the molecule is CCC1C(=O)N(Cc2ccc3c(N)ccnc3c2)CCN1C(=O)C=Cc1ccc(Cl)s1. The summed E-state index contributed by atoms with van der Waals surface area (Å²) in [5, 5.41) is 0.901. The molecular formula is C23H23ClN4O2S. The number of hydrogen-bond donors (Lipinski definition) is 1. The molecule has 3 heterocycles. The van der Waals surface area contributed by atoms with Crippen LogP contribution in [0.2, 0.25) is 4.34 Å².